The first kappa shape index (κ1) is 14.9. The fourth-order valence-corrected chi connectivity index (χ4v) is 1.91. The number of benzene rings is 1. The van der Waals surface area contributed by atoms with Gasteiger partial charge < -0.3 is 10.2 Å². The molecule has 1 N–H and O–H groups in total. The van der Waals surface area contributed by atoms with Gasteiger partial charge in [0, 0.05) is 18.8 Å². The van der Waals surface area contributed by atoms with Gasteiger partial charge in [-0.3, -0.25) is 4.79 Å². The van der Waals surface area contributed by atoms with Crippen molar-refractivity contribution in [3.63, 3.8) is 0 Å². The van der Waals surface area contributed by atoms with E-state index < -0.39 is 11.7 Å². The molecule has 21 heavy (non-hydrogen) atoms. The Labute approximate surface area is 122 Å². The van der Waals surface area contributed by atoms with Gasteiger partial charge in [-0.2, -0.15) is 0 Å². The molecular weight excluding hydrogens is 271 g/mol. The van der Waals surface area contributed by atoms with Crippen LogP contribution >= 0.6 is 0 Å². The normalized spacial score (nSPS) is 10.2. The van der Waals surface area contributed by atoms with Crippen molar-refractivity contribution >= 4 is 17.4 Å². The van der Waals surface area contributed by atoms with Crippen LogP contribution in [0.15, 0.2) is 36.7 Å². The number of nitrogens with one attached hydrogen (secondary N) is 1. The molecule has 0 aliphatic carbocycles. The zero-order chi connectivity index (χ0) is 15.2. The fraction of sp³-hybridized carbons (Fsp3) is 0.267. The summed E-state index contributed by atoms with van der Waals surface area (Å²) in [5.41, 5.74) is 0.574. The second-order valence-corrected chi connectivity index (χ2v) is 4.40. The van der Waals surface area contributed by atoms with Crippen LogP contribution in [-0.4, -0.2) is 29.0 Å². The number of nitrogens with zero attached hydrogens (tertiary/aromatic N) is 3. The molecule has 0 unspecified atom stereocenters. The summed E-state index contributed by atoms with van der Waals surface area (Å²) in [6, 6.07) is 5.70. The van der Waals surface area contributed by atoms with Gasteiger partial charge in [-0.15, -0.1) is 0 Å². The summed E-state index contributed by atoms with van der Waals surface area (Å²) in [5, 5.41) is 2.58. The summed E-state index contributed by atoms with van der Waals surface area (Å²) >= 11 is 0. The molecule has 1 amide bonds. The van der Waals surface area contributed by atoms with Crippen LogP contribution < -0.4 is 10.2 Å². The zero-order valence-electron chi connectivity index (χ0n) is 12.0. The van der Waals surface area contributed by atoms with Crippen LogP contribution in [0.4, 0.5) is 15.9 Å². The lowest BCUT2D eigenvalue weighted by Gasteiger charge is -2.18. The number of carbonyl (C=O) groups excluding carboxylic acids is 1. The number of hydrogen-bond acceptors (Lipinski definition) is 4. The van der Waals surface area contributed by atoms with Gasteiger partial charge in [0.25, 0.3) is 5.91 Å². The molecule has 0 aliphatic rings. The first-order valence-electron chi connectivity index (χ1n) is 6.78. The number of hydrogen-bond donors (Lipinski definition) is 1. The van der Waals surface area contributed by atoms with Crippen molar-refractivity contribution in [1.82, 2.24) is 9.97 Å². The van der Waals surface area contributed by atoms with E-state index in [4.69, 9.17) is 0 Å². The van der Waals surface area contributed by atoms with Crippen molar-refractivity contribution in [3.05, 3.63) is 48.2 Å². The maximum Gasteiger partial charge on any atom is 0.275 e. The zero-order valence-corrected chi connectivity index (χ0v) is 12.0. The van der Waals surface area contributed by atoms with Gasteiger partial charge in [0.2, 0.25) is 0 Å². The van der Waals surface area contributed by atoms with E-state index in [2.05, 4.69) is 15.3 Å². The van der Waals surface area contributed by atoms with E-state index in [9.17, 15) is 9.18 Å². The van der Waals surface area contributed by atoms with Gasteiger partial charge in [-0.05, 0) is 32.0 Å². The lowest BCUT2D eigenvalue weighted by atomic mass is 10.3. The third-order valence-corrected chi connectivity index (χ3v) is 3.04. The second kappa shape index (κ2) is 6.78. The van der Waals surface area contributed by atoms with Crippen LogP contribution in [0.3, 0.4) is 0 Å². The Bertz CT molecular complexity index is 611. The molecule has 1 aromatic heterocycles. The third kappa shape index (κ3) is 3.75. The van der Waals surface area contributed by atoms with E-state index in [-0.39, 0.29) is 5.69 Å². The van der Waals surface area contributed by atoms with Gasteiger partial charge in [0.1, 0.15) is 17.3 Å². The molecule has 1 heterocycles. The standard InChI is InChI=1S/C15H17FN4O/c1-3-20(4-2)14-10-17-13(9-18-14)15(21)19-12-7-5-6-11(16)8-12/h5-10H,3-4H2,1-2H3,(H,19,21). The highest BCUT2D eigenvalue weighted by atomic mass is 19.1. The molecule has 0 atom stereocenters. The van der Waals surface area contributed by atoms with Crippen LogP contribution in [0.25, 0.3) is 0 Å². The first-order valence-corrected chi connectivity index (χ1v) is 6.78. The summed E-state index contributed by atoms with van der Waals surface area (Å²) in [6.45, 7) is 5.69. The summed E-state index contributed by atoms with van der Waals surface area (Å²) < 4.78 is 13.1. The van der Waals surface area contributed by atoms with Crippen molar-refractivity contribution in [2.75, 3.05) is 23.3 Å². The van der Waals surface area contributed by atoms with Crippen LogP contribution in [0.1, 0.15) is 24.3 Å². The topological polar surface area (TPSA) is 58.1 Å². The Morgan fingerprint density at radius 3 is 2.57 bits per heavy atom. The minimum absolute atomic E-state index is 0.190. The Morgan fingerprint density at radius 1 is 1.24 bits per heavy atom. The molecule has 5 nitrogen and oxygen atoms in total. The molecule has 0 saturated heterocycles. The average molecular weight is 288 g/mol. The lowest BCUT2D eigenvalue weighted by molar-refractivity contribution is 0.102. The van der Waals surface area contributed by atoms with E-state index in [1.165, 1.54) is 24.4 Å². The van der Waals surface area contributed by atoms with Gasteiger partial charge in [0.15, 0.2) is 0 Å². The summed E-state index contributed by atoms with van der Waals surface area (Å²) in [6.07, 6.45) is 2.98. The van der Waals surface area contributed by atoms with Gasteiger partial charge in [-0.1, -0.05) is 6.07 Å². The lowest BCUT2D eigenvalue weighted by Crippen LogP contribution is -2.23. The monoisotopic (exact) mass is 288 g/mol. The number of anilines is 2. The van der Waals surface area contributed by atoms with Crippen molar-refractivity contribution < 1.29 is 9.18 Å². The van der Waals surface area contributed by atoms with E-state index in [0.717, 1.165) is 18.9 Å². The number of carbonyl (C=O) groups is 1. The molecular formula is C15H17FN4O. The van der Waals surface area contributed by atoms with Crippen LogP contribution in [0, 0.1) is 5.82 Å². The van der Waals surface area contributed by atoms with E-state index >= 15 is 0 Å². The summed E-state index contributed by atoms with van der Waals surface area (Å²) in [5.74, 6) is -0.0998. The molecule has 0 radical (unpaired) electrons. The Balaban J connectivity index is 2.09. The Kier molecular flexibility index (Phi) is 4.81. The second-order valence-electron chi connectivity index (χ2n) is 4.40. The fourth-order valence-electron chi connectivity index (χ4n) is 1.91. The third-order valence-electron chi connectivity index (χ3n) is 3.04. The molecule has 2 rings (SSSR count). The Hall–Kier alpha value is -2.50. The number of halogens is 1. The minimum Gasteiger partial charge on any atom is -0.356 e. The van der Waals surface area contributed by atoms with Crippen LogP contribution in [0.2, 0.25) is 0 Å². The van der Waals surface area contributed by atoms with E-state index in [1.54, 1.807) is 12.3 Å². The first-order chi connectivity index (χ1) is 10.1. The van der Waals surface area contributed by atoms with Crippen molar-refractivity contribution in [2.45, 2.75) is 13.8 Å². The molecule has 0 spiro atoms. The predicted octanol–water partition coefficient (Wildman–Crippen LogP) is 2.71. The molecule has 2 aromatic rings. The average Bonchev–Trinajstić information content (AvgIpc) is 2.49. The maximum absolute atomic E-state index is 13.1. The molecule has 0 aliphatic heterocycles. The highest BCUT2D eigenvalue weighted by Crippen LogP contribution is 2.12. The number of amides is 1. The molecule has 0 fully saturated rings. The summed E-state index contributed by atoms with van der Waals surface area (Å²) in [7, 11) is 0. The van der Waals surface area contributed by atoms with E-state index in [1.807, 2.05) is 18.7 Å². The molecule has 1 aromatic carbocycles. The molecule has 110 valence electrons. The predicted molar refractivity (Wildman–Crippen MR) is 79.9 cm³/mol. The highest BCUT2D eigenvalue weighted by Gasteiger charge is 2.10. The van der Waals surface area contributed by atoms with Crippen molar-refractivity contribution in [1.29, 1.82) is 0 Å². The SMILES string of the molecule is CCN(CC)c1cnc(C(=O)Nc2cccc(F)c2)cn1. The molecule has 6 heteroatoms. The minimum atomic E-state index is -0.417. The van der Waals surface area contributed by atoms with Crippen molar-refractivity contribution in [2.24, 2.45) is 0 Å². The Morgan fingerprint density at radius 2 is 2.00 bits per heavy atom. The van der Waals surface area contributed by atoms with Gasteiger partial charge in [-0.25, -0.2) is 14.4 Å². The van der Waals surface area contributed by atoms with E-state index in [0.29, 0.717) is 5.69 Å². The quantitative estimate of drug-likeness (QED) is 0.919. The maximum atomic E-state index is 13.1. The number of rotatable bonds is 5. The van der Waals surface area contributed by atoms with Gasteiger partial charge >= 0.3 is 0 Å². The number of aromatic nitrogens is 2. The molecule has 0 bridgehead atoms. The van der Waals surface area contributed by atoms with Crippen molar-refractivity contribution in [3.8, 4) is 0 Å². The smallest absolute Gasteiger partial charge is 0.275 e. The highest BCUT2D eigenvalue weighted by molar-refractivity contribution is 6.02. The van der Waals surface area contributed by atoms with Crippen LogP contribution in [0.5, 0.6) is 0 Å². The largest absolute Gasteiger partial charge is 0.356 e. The summed E-state index contributed by atoms with van der Waals surface area (Å²) in [4.78, 5) is 22.4. The van der Waals surface area contributed by atoms with Crippen LogP contribution in [-0.2, 0) is 0 Å². The molecule has 0 saturated carbocycles. The van der Waals surface area contributed by atoms with Gasteiger partial charge in [0.05, 0.1) is 12.4 Å².